The first-order valence-corrected chi connectivity index (χ1v) is 11.7. The lowest BCUT2D eigenvalue weighted by Crippen LogP contribution is -2.54. The lowest BCUT2D eigenvalue weighted by Gasteiger charge is -2.48. The molecule has 0 saturated carbocycles. The highest BCUT2D eigenvalue weighted by molar-refractivity contribution is 6.98. The fourth-order valence-corrected chi connectivity index (χ4v) is 11.5. The van der Waals surface area contributed by atoms with Gasteiger partial charge in [0.1, 0.15) is 0 Å². The van der Waals surface area contributed by atoms with Crippen molar-refractivity contribution in [2.75, 3.05) is 6.61 Å². The Bertz CT molecular complexity index is 139. The highest BCUT2D eigenvalue weighted by Crippen LogP contribution is 2.45. The van der Waals surface area contributed by atoms with Crippen LogP contribution in [0.1, 0.15) is 6.92 Å². The molecule has 0 radical (unpaired) electrons. The SMILES string of the molecule is CC(CO)([Si](C)(C)C)[Si](C)(C)C. The second kappa shape index (κ2) is 3.27. The van der Waals surface area contributed by atoms with E-state index in [1.54, 1.807) is 0 Å². The van der Waals surface area contributed by atoms with Gasteiger partial charge in [0.05, 0.1) is 16.1 Å². The van der Waals surface area contributed by atoms with E-state index in [2.05, 4.69) is 46.2 Å². The molecule has 1 nitrogen and oxygen atoms in total. The molecule has 0 heterocycles. The zero-order valence-corrected chi connectivity index (χ0v) is 11.7. The van der Waals surface area contributed by atoms with Gasteiger partial charge in [0.25, 0.3) is 0 Å². The second-order valence-corrected chi connectivity index (χ2v) is 17.7. The molecule has 0 saturated heterocycles. The van der Waals surface area contributed by atoms with Crippen LogP contribution in [-0.4, -0.2) is 27.9 Å². The van der Waals surface area contributed by atoms with Crippen molar-refractivity contribution in [3.8, 4) is 0 Å². The molecule has 0 aliphatic heterocycles. The van der Waals surface area contributed by atoms with Crippen LogP contribution in [-0.2, 0) is 0 Å². The Hall–Kier alpha value is 0.394. The quantitative estimate of drug-likeness (QED) is 0.701. The van der Waals surface area contributed by atoms with Crippen LogP contribution in [0.2, 0.25) is 43.9 Å². The van der Waals surface area contributed by atoms with Crippen molar-refractivity contribution in [2.24, 2.45) is 0 Å². The van der Waals surface area contributed by atoms with Crippen LogP contribution < -0.4 is 0 Å². The molecule has 0 aromatic heterocycles. The lowest BCUT2D eigenvalue weighted by atomic mass is 10.5. The molecule has 0 fully saturated rings. The Morgan fingerprint density at radius 1 is 0.917 bits per heavy atom. The third-order valence-corrected chi connectivity index (χ3v) is 15.1. The van der Waals surface area contributed by atoms with E-state index in [4.69, 9.17) is 0 Å². The van der Waals surface area contributed by atoms with E-state index in [9.17, 15) is 5.11 Å². The van der Waals surface area contributed by atoms with Crippen molar-refractivity contribution in [1.82, 2.24) is 0 Å². The Morgan fingerprint density at radius 3 is 1.17 bits per heavy atom. The van der Waals surface area contributed by atoms with E-state index in [1.807, 2.05) is 0 Å². The molecule has 0 aromatic carbocycles. The average molecular weight is 204 g/mol. The third-order valence-electron chi connectivity index (χ3n) is 3.63. The fourth-order valence-electron chi connectivity index (χ4n) is 1.60. The van der Waals surface area contributed by atoms with Crippen LogP contribution in [0.5, 0.6) is 0 Å². The van der Waals surface area contributed by atoms with Crippen molar-refractivity contribution in [1.29, 1.82) is 0 Å². The molecule has 0 spiro atoms. The van der Waals surface area contributed by atoms with Gasteiger partial charge in [-0.1, -0.05) is 46.2 Å². The van der Waals surface area contributed by atoms with E-state index in [-0.39, 0.29) is 4.66 Å². The molecule has 0 bridgehead atoms. The molecule has 1 N–H and O–H groups in total. The van der Waals surface area contributed by atoms with E-state index < -0.39 is 16.1 Å². The molecule has 0 unspecified atom stereocenters. The zero-order valence-electron chi connectivity index (χ0n) is 9.65. The molecular formula is C9H24OSi2. The van der Waals surface area contributed by atoms with Gasteiger partial charge in [-0.2, -0.15) is 0 Å². The number of aliphatic hydroxyl groups is 1. The molecule has 0 amide bonds. The summed E-state index contributed by atoms with van der Waals surface area (Å²) in [4.78, 5) is 0. The molecule has 0 aromatic rings. The Morgan fingerprint density at radius 2 is 1.17 bits per heavy atom. The van der Waals surface area contributed by atoms with Crippen LogP contribution in [0.3, 0.4) is 0 Å². The van der Waals surface area contributed by atoms with Gasteiger partial charge in [0.15, 0.2) is 0 Å². The minimum atomic E-state index is -1.23. The first kappa shape index (κ1) is 12.4. The summed E-state index contributed by atoms with van der Waals surface area (Å²) in [7, 11) is -2.47. The Balaban J connectivity index is 4.95. The summed E-state index contributed by atoms with van der Waals surface area (Å²) in [6, 6.07) is 0. The average Bonchev–Trinajstić information content (AvgIpc) is 1.81. The van der Waals surface area contributed by atoms with Crippen molar-refractivity contribution in [2.45, 2.75) is 50.9 Å². The summed E-state index contributed by atoms with van der Waals surface area (Å²) >= 11 is 0. The number of rotatable bonds is 3. The summed E-state index contributed by atoms with van der Waals surface area (Å²) < 4.78 is 0.250. The Kier molecular flexibility index (Phi) is 3.38. The van der Waals surface area contributed by atoms with Crippen LogP contribution in [0, 0.1) is 0 Å². The maximum absolute atomic E-state index is 9.53. The third kappa shape index (κ3) is 2.00. The smallest absolute Gasteiger partial charge is 0.0503 e. The molecule has 12 heavy (non-hydrogen) atoms. The topological polar surface area (TPSA) is 20.2 Å². The molecule has 0 atom stereocenters. The van der Waals surface area contributed by atoms with E-state index in [0.717, 1.165) is 0 Å². The standard InChI is InChI=1S/C9H24OSi2/c1-9(8-10,11(2,3)4)12(5,6)7/h10H,8H2,1-7H3. The predicted molar refractivity (Wildman–Crippen MR) is 62.1 cm³/mol. The van der Waals surface area contributed by atoms with Crippen LogP contribution in [0.4, 0.5) is 0 Å². The van der Waals surface area contributed by atoms with Gasteiger partial charge in [-0.05, 0) is 4.66 Å². The molecule has 0 rings (SSSR count). The van der Waals surface area contributed by atoms with Crippen molar-refractivity contribution in [3.05, 3.63) is 0 Å². The van der Waals surface area contributed by atoms with Gasteiger partial charge in [-0.15, -0.1) is 0 Å². The summed E-state index contributed by atoms with van der Waals surface area (Å²) in [6.07, 6.45) is 0. The van der Waals surface area contributed by atoms with Crippen LogP contribution in [0.25, 0.3) is 0 Å². The van der Waals surface area contributed by atoms with Crippen molar-refractivity contribution >= 4 is 16.1 Å². The first-order chi connectivity index (χ1) is 5.06. The van der Waals surface area contributed by atoms with E-state index in [1.165, 1.54) is 0 Å². The van der Waals surface area contributed by atoms with Gasteiger partial charge >= 0.3 is 0 Å². The summed E-state index contributed by atoms with van der Waals surface area (Å²) in [5.41, 5.74) is 0. The van der Waals surface area contributed by atoms with Gasteiger partial charge < -0.3 is 5.11 Å². The maximum atomic E-state index is 9.53. The summed E-state index contributed by atoms with van der Waals surface area (Å²) in [5.74, 6) is 0. The minimum Gasteiger partial charge on any atom is -0.396 e. The van der Waals surface area contributed by atoms with Crippen LogP contribution in [0.15, 0.2) is 0 Å². The van der Waals surface area contributed by atoms with Crippen molar-refractivity contribution < 1.29 is 5.11 Å². The van der Waals surface area contributed by atoms with Gasteiger partial charge in [-0.3, -0.25) is 0 Å². The molecule has 0 aliphatic carbocycles. The summed E-state index contributed by atoms with van der Waals surface area (Å²) in [6.45, 7) is 16.8. The van der Waals surface area contributed by atoms with Crippen LogP contribution >= 0.6 is 0 Å². The molecule has 3 heteroatoms. The molecule has 0 aliphatic rings. The first-order valence-electron chi connectivity index (χ1n) is 4.67. The van der Waals surface area contributed by atoms with Gasteiger partial charge in [0.2, 0.25) is 0 Å². The minimum absolute atomic E-state index is 0.250. The number of hydrogen-bond donors (Lipinski definition) is 1. The molecule has 74 valence electrons. The van der Waals surface area contributed by atoms with E-state index in [0.29, 0.717) is 6.61 Å². The van der Waals surface area contributed by atoms with Gasteiger partial charge in [-0.25, -0.2) is 0 Å². The van der Waals surface area contributed by atoms with E-state index >= 15 is 0 Å². The largest absolute Gasteiger partial charge is 0.396 e. The summed E-state index contributed by atoms with van der Waals surface area (Å²) in [5, 5.41) is 9.53. The van der Waals surface area contributed by atoms with Crippen molar-refractivity contribution in [3.63, 3.8) is 0 Å². The predicted octanol–water partition coefficient (Wildman–Crippen LogP) is 2.95. The number of hydrogen-bond acceptors (Lipinski definition) is 1. The molecular weight excluding hydrogens is 180 g/mol. The zero-order chi connectivity index (χ0) is 10.2. The van der Waals surface area contributed by atoms with Gasteiger partial charge in [0, 0.05) is 6.61 Å². The highest BCUT2D eigenvalue weighted by atomic mass is 28.4. The fraction of sp³-hybridized carbons (Fsp3) is 1.00. The maximum Gasteiger partial charge on any atom is 0.0503 e. The second-order valence-electron chi connectivity index (χ2n) is 5.99. The Labute approximate surface area is 79.2 Å². The number of aliphatic hydroxyl groups excluding tert-OH is 1. The monoisotopic (exact) mass is 204 g/mol. The highest BCUT2D eigenvalue weighted by Gasteiger charge is 2.48. The lowest BCUT2D eigenvalue weighted by molar-refractivity contribution is 0.273. The normalized spacial score (nSPS) is 15.0.